The number of nitrogens with zero attached hydrogens (tertiary/aromatic N) is 2. The number of carbonyl (C=O) groups is 1. The van der Waals surface area contributed by atoms with E-state index in [4.69, 9.17) is 10.5 Å². The van der Waals surface area contributed by atoms with Gasteiger partial charge in [-0.25, -0.2) is 9.78 Å². The highest BCUT2D eigenvalue weighted by Gasteiger charge is 2.19. The van der Waals surface area contributed by atoms with Crippen LogP contribution in [0.1, 0.15) is 21.9 Å². The molecule has 20 heavy (non-hydrogen) atoms. The van der Waals surface area contributed by atoms with Crippen LogP contribution in [0.3, 0.4) is 0 Å². The number of esters is 1. The molecule has 0 aliphatic carbocycles. The number of imidazole rings is 1. The fourth-order valence-corrected chi connectivity index (χ4v) is 1.94. The van der Waals surface area contributed by atoms with Crippen molar-refractivity contribution in [1.82, 2.24) is 9.55 Å². The van der Waals surface area contributed by atoms with Crippen molar-refractivity contribution >= 4 is 11.8 Å². The molecule has 0 fully saturated rings. The molecule has 2 aromatic rings. The second kappa shape index (κ2) is 5.64. The molecule has 6 heteroatoms. The number of aromatic nitrogens is 2. The zero-order valence-electron chi connectivity index (χ0n) is 11.7. The van der Waals surface area contributed by atoms with Gasteiger partial charge in [-0.05, 0) is 24.6 Å². The van der Waals surface area contributed by atoms with Crippen molar-refractivity contribution < 1.29 is 14.3 Å². The molecule has 0 saturated heterocycles. The van der Waals surface area contributed by atoms with Gasteiger partial charge in [-0.15, -0.1) is 0 Å². The highest BCUT2D eigenvalue weighted by Crippen LogP contribution is 2.18. The summed E-state index contributed by atoms with van der Waals surface area (Å²) in [5.41, 5.74) is 7.15. The largest absolute Gasteiger partial charge is 0.497 e. The summed E-state index contributed by atoms with van der Waals surface area (Å²) >= 11 is 0. The van der Waals surface area contributed by atoms with Gasteiger partial charge in [-0.2, -0.15) is 0 Å². The molecule has 0 unspecified atom stereocenters. The van der Waals surface area contributed by atoms with Gasteiger partial charge in [0.1, 0.15) is 17.4 Å². The Bertz CT molecular complexity index is 617. The highest BCUT2D eigenvalue weighted by atomic mass is 16.5. The zero-order valence-corrected chi connectivity index (χ0v) is 11.7. The molecule has 0 aliphatic heterocycles. The van der Waals surface area contributed by atoms with Gasteiger partial charge < -0.3 is 19.8 Å². The van der Waals surface area contributed by atoms with Crippen LogP contribution in [0.2, 0.25) is 0 Å². The molecule has 2 N–H and O–H groups in total. The number of nitrogen functional groups attached to an aromatic ring is 1. The Morgan fingerprint density at radius 1 is 1.30 bits per heavy atom. The number of hydrogen-bond donors (Lipinski definition) is 1. The Kier molecular flexibility index (Phi) is 3.93. The number of aryl methyl sites for hydroxylation is 1. The minimum absolute atomic E-state index is 0.151. The molecule has 1 aromatic carbocycles. The van der Waals surface area contributed by atoms with E-state index in [9.17, 15) is 4.79 Å². The number of hydrogen-bond acceptors (Lipinski definition) is 5. The molecule has 0 bridgehead atoms. The summed E-state index contributed by atoms with van der Waals surface area (Å²) in [5.74, 6) is 1.24. The van der Waals surface area contributed by atoms with Gasteiger partial charge in [0.15, 0.2) is 5.69 Å². The summed E-state index contributed by atoms with van der Waals surface area (Å²) < 4.78 is 11.5. The monoisotopic (exact) mass is 275 g/mol. The van der Waals surface area contributed by atoms with E-state index in [1.165, 1.54) is 7.11 Å². The molecule has 0 spiro atoms. The maximum absolute atomic E-state index is 11.5. The number of carbonyl (C=O) groups excluding carboxylic acids is 1. The van der Waals surface area contributed by atoms with Gasteiger partial charge in [0.05, 0.1) is 20.8 Å². The van der Waals surface area contributed by atoms with E-state index in [0.717, 1.165) is 11.3 Å². The first kappa shape index (κ1) is 13.9. The van der Waals surface area contributed by atoms with Gasteiger partial charge in [-0.3, -0.25) is 0 Å². The first-order chi connectivity index (χ1) is 9.56. The maximum atomic E-state index is 11.5. The van der Waals surface area contributed by atoms with Crippen LogP contribution >= 0.6 is 0 Å². The van der Waals surface area contributed by atoms with Crippen LogP contribution in [0, 0.1) is 6.92 Å². The van der Waals surface area contributed by atoms with Crippen molar-refractivity contribution in [1.29, 1.82) is 0 Å². The number of anilines is 1. The predicted molar refractivity (Wildman–Crippen MR) is 74.8 cm³/mol. The molecule has 0 atom stereocenters. The molecule has 1 heterocycles. The SMILES string of the molecule is COC(=O)c1nc(C)n(Cc2ccc(OC)cc2)c1N. The minimum Gasteiger partial charge on any atom is -0.497 e. The lowest BCUT2D eigenvalue weighted by Crippen LogP contribution is -2.09. The molecular weight excluding hydrogens is 258 g/mol. The average molecular weight is 275 g/mol. The van der Waals surface area contributed by atoms with Crippen LogP contribution in [0.15, 0.2) is 24.3 Å². The van der Waals surface area contributed by atoms with Crippen LogP contribution in [-0.2, 0) is 11.3 Å². The van der Waals surface area contributed by atoms with Crippen molar-refractivity contribution in [3.63, 3.8) is 0 Å². The van der Waals surface area contributed by atoms with Gasteiger partial charge in [0.25, 0.3) is 0 Å². The van der Waals surface area contributed by atoms with E-state index in [2.05, 4.69) is 9.72 Å². The van der Waals surface area contributed by atoms with Crippen molar-refractivity contribution in [3.05, 3.63) is 41.3 Å². The van der Waals surface area contributed by atoms with Crippen molar-refractivity contribution in [2.75, 3.05) is 20.0 Å². The molecular formula is C14H17N3O3. The van der Waals surface area contributed by atoms with Crippen molar-refractivity contribution in [3.8, 4) is 5.75 Å². The third kappa shape index (κ3) is 2.59. The lowest BCUT2D eigenvalue weighted by Gasteiger charge is -2.08. The molecule has 0 aliphatic rings. The van der Waals surface area contributed by atoms with E-state index in [0.29, 0.717) is 18.2 Å². The van der Waals surface area contributed by atoms with Crippen molar-refractivity contribution in [2.24, 2.45) is 0 Å². The van der Waals surface area contributed by atoms with Crippen LogP contribution in [0.4, 0.5) is 5.82 Å². The lowest BCUT2D eigenvalue weighted by atomic mass is 10.2. The summed E-state index contributed by atoms with van der Waals surface area (Å²) in [6, 6.07) is 7.63. The first-order valence-corrected chi connectivity index (χ1v) is 6.10. The van der Waals surface area contributed by atoms with Crippen LogP contribution in [-0.4, -0.2) is 29.7 Å². The minimum atomic E-state index is -0.529. The van der Waals surface area contributed by atoms with E-state index in [-0.39, 0.29) is 5.69 Å². The summed E-state index contributed by atoms with van der Waals surface area (Å²) in [4.78, 5) is 15.7. The lowest BCUT2D eigenvalue weighted by molar-refractivity contribution is 0.0595. The van der Waals surface area contributed by atoms with Gasteiger partial charge >= 0.3 is 5.97 Å². The van der Waals surface area contributed by atoms with Gasteiger partial charge in [0, 0.05) is 0 Å². The molecule has 0 radical (unpaired) electrons. The normalized spacial score (nSPS) is 10.3. The van der Waals surface area contributed by atoms with E-state index < -0.39 is 5.97 Å². The first-order valence-electron chi connectivity index (χ1n) is 6.10. The Labute approximate surface area is 117 Å². The summed E-state index contributed by atoms with van der Waals surface area (Å²) in [6.45, 7) is 2.33. The van der Waals surface area contributed by atoms with E-state index in [1.807, 2.05) is 24.3 Å². The highest BCUT2D eigenvalue weighted by molar-refractivity contribution is 5.92. The number of rotatable bonds is 4. The fourth-order valence-electron chi connectivity index (χ4n) is 1.94. The third-order valence-electron chi connectivity index (χ3n) is 3.08. The third-order valence-corrected chi connectivity index (χ3v) is 3.08. The maximum Gasteiger partial charge on any atom is 0.360 e. The van der Waals surface area contributed by atoms with Crippen LogP contribution in [0.5, 0.6) is 5.75 Å². The number of ether oxygens (including phenoxy) is 2. The number of benzene rings is 1. The van der Waals surface area contributed by atoms with Gasteiger partial charge in [0.2, 0.25) is 0 Å². The Balaban J connectivity index is 2.28. The second-order valence-electron chi connectivity index (χ2n) is 4.32. The summed E-state index contributed by atoms with van der Waals surface area (Å²) in [6.07, 6.45) is 0. The number of methoxy groups -OCH3 is 2. The van der Waals surface area contributed by atoms with E-state index >= 15 is 0 Å². The Hall–Kier alpha value is -2.50. The quantitative estimate of drug-likeness (QED) is 0.858. The Morgan fingerprint density at radius 2 is 1.95 bits per heavy atom. The van der Waals surface area contributed by atoms with Crippen molar-refractivity contribution in [2.45, 2.75) is 13.5 Å². The topological polar surface area (TPSA) is 79.4 Å². The second-order valence-corrected chi connectivity index (χ2v) is 4.32. The molecule has 2 rings (SSSR count). The standard InChI is InChI=1S/C14H17N3O3/c1-9-16-12(14(18)20-3)13(15)17(9)8-10-4-6-11(19-2)7-5-10/h4-7H,8,15H2,1-3H3. The molecule has 1 aromatic heterocycles. The van der Waals surface area contributed by atoms with Crippen LogP contribution in [0.25, 0.3) is 0 Å². The van der Waals surface area contributed by atoms with Gasteiger partial charge in [-0.1, -0.05) is 12.1 Å². The smallest absolute Gasteiger partial charge is 0.360 e. The summed E-state index contributed by atoms with van der Waals surface area (Å²) in [7, 11) is 2.93. The molecule has 0 amide bonds. The molecule has 0 saturated carbocycles. The fraction of sp³-hybridized carbons (Fsp3) is 0.286. The van der Waals surface area contributed by atoms with E-state index in [1.54, 1.807) is 18.6 Å². The zero-order chi connectivity index (χ0) is 14.7. The number of nitrogens with two attached hydrogens (primary N) is 1. The average Bonchev–Trinajstić information content (AvgIpc) is 2.75. The predicted octanol–water partition coefficient (Wildman–Crippen LogP) is 1.62. The Morgan fingerprint density at radius 3 is 2.50 bits per heavy atom. The molecule has 106 valence electrons. The van der Waals surface area contributed by atoms with Crippen LogP contribution < -0.4 is 10.5 Å². The molecule has 6 nitrogen and oxygen atoms in total. The summed E-state index contributed by atoms with van der Waals surface area (Å²) in [5, 5.41) is 0.